The van der Waals surface area contributed by atoms with Crippen molar-refractivity contribution in [2.24, 2.45) is 0 Å². The van der Waals surface area contributed by atoms with Crippen molar-refractivity contribution in [1.29, 1.82) is 0 Å². The molecule has 0 saturated heterocycles. The van der Waals surface area contributed by atoms with Crippen LogP contribution in [-0.2, 0) is 4.79 Å². The number of anilines is 1. The van der Waals surface area contributed by atoms with Gasteiger partial charge in [0.15, 0.2) is 0 Å². The molecule has 0 saturated carbocycles. The van der Waals surface area contributed by atoms with Gasteiger partial charge >= 0.3 is 0 Å². The number of rotatable bonds is 0. The Hall–Kier alpha value is -0.740. The molecule has 12 heavy (non-hydrogen) atoms. The van der Waals surface area contributed by atoms with Gasteiger partial charge < -0.3 is 5.32 Å². The number of pyridine rings is 1. The van der Waals surface area contributed by atoms with E-state index in [4.69, 9.17) is 11.6 Å². The zero-order valence-corrected chi connectivity index (χ0v) is 7.50. The molecule has 1 amide bonds. The van der Waals surface area contributed by atoms with Crippen molar-refractivity contribution in [2.45, 2.75) is 4.90 Å². The molecule has 3 nitrogen and oxygen atoms in total. The van der Waals surface area contributed by atoms with Gasteiger partial charge in [-0.15, -0.1) is 11.8 Å². The monoisotopic (exact) mass is 199 g/mol. The molecule has 1 N–H and O–H groups in total. The van der Waals surface area contributed by atoms with Crippen molar-refractivity contribution >= 4 is 35.1 Å². The fourth-order valence-electron chi connectivity index (χ4n) is 0.891. The number of thioether (sulfide) groups is 1. The fraction of sp³-hybridized carbons (Fsp3) is 0.143. The minimum Gasteiger partial charge on any atom is -0.309 e. The molecule has 0 bridgehead atoms. The Morgan fingerprint density at radius 2 is 2.58 bits per heavy atom. The third kappa shape index (κ3) is 1.40. The zero-order chi connectivity index (χ0) is 8.55. The summed E-state index contributed by atoms with van der Waals surface area (Å²) in [6.07, 6.45) is 2.57. The fourth-order valence-corrected chi connectivity index (χ4v) is 1.90. The summed E-state index contributed by atoms with van der Waals surface area (Å²) in [4.78, 5) is 15.7. The molecule has 1 radical (unpaired) electrons. The van der Waals surface area contributed by atoms with Crippen LogP contribution in [0.2, 0.25) is 5.02 Å². The first-order chi connectivity index (χ1) is 5.75. The Bertz CT molecular complexity index is 342. The largest absolute Gasteiger partial charge is 0.309 e. The third-order valence-electron chi connectivity index (χ3n) is 1.38. The Balaban J connectivity index is 2.43. The minimum atomic E-state index is -0.0317. The first-order valence-electron chi connectivity index (χ1n) is 3.26. The summed E-state index contributed by atoms with van der Waals surface area (Å²) in [6.45, 7) is 0. The molecular weight excluding hydrogens is 196 g/mol. The van der Waals surface area contributed by atoms with Gasteiger partial charge in [-0.05, 0) is 6.07 Å². The van der Waals surface area contributed by atoms with Gasteiger partial charge in [0.05, 0.1) is 15.7 Å². The summed E-state index contributed by atoms with van der Waals surface area (Å²) in [5, 5.41) is 3.10. The van der Waals surface area contributed by atoms with Crippen LogP contribution in [-0.4, -0.2) is 16.6 Å². The number of hydrogen-bond donors (Lipinski definition) is 1. The van der Waals surface area contributed by atoms with Gasteiger partial charge in [-0.2, -0.15) is 0 Å². The maximum Gasteiger partial charge on any atom is 0.235 e. The number of aromatic nitrogens is 1. The summed E-state index contributed by atoms with van der Waals surface area (Å²) >= 11 is 7.10. The van der Waals surface area contributed by atoms with Crippen molar-refractivity contribution in [3.05, 3.63) is 17.3 Å². The van der Waals surface area contributed by atoms with Crippen LogP contribution in [0.5, 0.6) is 0 Å². The lowest BCUT2D eigenvalue weighted by Gasteiger charge is -2.13. The van der Waals surface area contributed by atoms with E-state index in [1.807, 2.05) is 0 Å². The Morgan fingerprint density at radius 3 is 3.42 bits per heavy atom. The molecule has 2 rings (SSSR count). The molecule has 0 spiro atoms. The predicted molar refractivity (Wildman–Crippen MR) is 47.4 cm³/mol. The number of carbonyl (C=O) groups excluding carboxylic acids is 1. The SMILES string of the molecule is O=C1CSc2cc(Cl)[c]nc2N1. The van der Waals surface area contributed by atoms with Crippen LogP contribution in [0.3, 0.4) is 0 Å². The molecule has 0 aromatic carbocycles. The molecule has 61 valence electrons. The van der Waals surface area contributed by atoms with Crippen LogP contribution in [0.15, 0.2) is 11.0 Å². The van der Waals surface area contributed by atoms with Crippen LogP contribution in [0.4, 0.5) is 5.82 Å². The Kier molecular flexibility index (Phi) is 1.94. The van der Waals surface area contributed by atoms with Crippen LogP contribution < -0.4 is 5.32 Å². The molecule has 0 unspecified atom stereocenters. The van der Waals surface area contributed by atoms with E-state index in [0.29, 0.717) is 16.6 Å². The van der Waals surface area contributed by atoms with E-state index in [1.54, 1.807) is 6.07 Å². The summed E-state index contributed by atoms with van der Waals surface area (Å²) in [5.41, 5.74) is 0. The third-order valence-corrected chi connectivity index (χ3v) is 2.60. The second kappa shape index (κ2) is 2.95. The summed E-state index contributed by atoms with van der Waals surface area (Å²) in [5.74, 6) is 0.950. The van der Waals surface area contributed by atoms with E-state index in [0.717, 1.165) is 4.90 Å². The highest BCUT2D eigenvalue weighted by atomic mass is 35.5. The van der Waals surface area contributed by atoms with Gasteiger partial charge in [0, 0.05) is 0 Å². The average molecular weight is 200 g/mol. The number of nitrogens with one attached hydrogen (secondary N) is 1. The summed E-state index contributed by atoms with van der Waals surface area (Å²) < 4.78 is 0. The van der Waals surface area contributed by atoms with E-state index in [-0.39, 0.29) is 5.91 Å². The first-order valence-corrected chi connectivity index (χ1v) is 4.63. The summed E-state index contributed by atoms with van der Waals surface area (Å²) in [6, 6.07) is 1.74. The second-order valence-corrected chi connectivity index (χ2v) is 3.69. The topological polar surface area (TPSA) is 42.0 Å². The van der Waals surface area contributed by atoms with Crippen molar-refractivity contribution in [2.75, 3.05) is 11.1 Å². The van der Waals surface area contributed by atoms with Gasteiger partial charge in [-0.3, -0.25) is 4.79 Å². The van der Waals surface area contributed by atoms with Gasteiger partial charge in [-0.1, -0.05) is 11.6 Å². The van der Waals surface area contributed by atoms with E-state index < -0.39 is 0 Å². The van der Waals surface area contributed by atoms with Gasteiger partial charge in [0.1, 0.15) is 12.0 Å². The molecule has 0 fully saturated rings. The normalized spacial score (nSPS) is 15.2. The lowest BCUT2D eigenvalue weighted by molar-refractivity contribution is -0.113. The number of hydrogen-bond acceptors (Lipinski definition) is 3. The smallest absolute Gasteiger partial charge is 0.235 e. The van der Waals surface area contributed by atoms with Crippen molar-refractivity contribution < 1.29 is 4.79 Å². The highest BCUT2D eigenvalue weighted by Gasteiger charge is 2.16. The van der Waals surface area contributed by atoms with E-state index in [9.17, 15) is 4.79 Å². The molecule has 1 aromatic heterocycles. The number of nitrogens with zero attached hydrogens (tertiary/aromatic N) is 1. The standard InChI is InChI=1S/C7H4ClN2OS/c8-4-1-5-7(9-2-4)10-6(11)3-12-5/h1H,3H2,(H,9,10,11). The average Bonchev–Trinajstić information content (AvgIpc) is 2.05. The predicted octanol–water partition coefficient (Wildman–Crippen LogP) is 1.58. The molecule has 1 aliphatic rings. The molecule has 0 aliphatic carbocycles. The van der Waals surface area contributed by atoms with Crippen molar-refractivity contribution in [3.63, 3.8) is 0 Å². The van der Waals surface area contributed by atoms with Crippen LogP contribution in [0.25, 0.3) is 0 Å². The van der Waals surface area contributed by atoms with Crippen LogP contribution >= 0.6 is 23.4 Å². The number of halogens is 1. The number of fused-ring (bicyclic) bond motifs is 1. The lowest BCUT2D eigenvalue weighted by Crippen LogP contribution is -2.19. The van der Waals surface area contributed by atoms with E-state index in [1.165, 1.54) is 11.8 Å². The molecule has 2 heterocycles. The maximum absolute atomic E-state index is 10.9. The summed E-state index contributed by atoms with van der Waals surface area (Å²) in [7, 11) is 0. The van der Waals surface area contributed by atoms with Crippen LogP contribution in [0.1, 0.15) is 0 Å². The number of carbonyl (C=O) groups is 1. The Labute approximate surface area is 78.5 Å². The molecular formula is C7H4ClN2OS. The van der Waals surface area contributed by atoms with Crippen molar-refractivity contribution in [3.8, 4) is 0 Å². The molecule has 5 heteroatoms. The zero-order valence-electron chi connectivity index (χ0n) is 5.93. The molecule has 1 aliphatic heterocycles. The van der Waals surface area contributed by atoms with Gasteiger partial charge in [-0.25, -0.2) is 4.98 Å². The molecule has 0 atom stereocenters. The van der Waals surface area contributed by atoms with E-state index >= 15 is 0 Å². The van der Waals surface area contributed by atoms with Gasteiger partial charge in [0.25, 0.3) is 0 Å². The maximum atomic E-state index is 10.9. The highest BCUT2D eigenvalue weighted by Crippen LogP contribution is 2.30. The minimum absolute atomic E-state index is 0.0317. The highest BCUT2D eigenvalue weighted by molar-refractivity contribution is 8.00. The quantitative estimate of drug-likeness (QED) is 0.690. The lowest BCUT2D eigenvalue weighted by atomic mass is 10.4. The van der Waals surface area contributed by atoms with Crippen LogP contribution in [0, 0.1) is 6.20 Å². The first kappa shape index (κ1) is 7.89. The molecule has 1 aromatic rings. The van der Waals surface area contributed by atoms with E-state index in [2.05, 4.69) is 16.5 Å². The van der Waals surface area contributed by atoms with Gasteiger partial charge in [0.2, 0.25) is 5.91 Å². The Morgan fingerprint density at radius 1 is 1.75 bits per heavy atom. The second-order valence-electron chi connectivity index (χ2n) is 2.27. The number of amides is 1. The van der Waals surface area contributed by atoms with Crippen molar-refractivity contribution in [1.82, 2.24) is 4.98 Å².